The highest BCUT2D eigenvalue weighted by Gasteiger charge is 2.23. The van der Waals surface area contributed by atoms with E-state index in [-0.39, 0.29) is 0 Å². The maximum absolute atomic E-state index is 4.81. The van der Waals surface area contributed by atoms with Crippen LogP contribution in [0.15, 0.2) is 12.1 Å². The molecule has 1 aliphatic carbocycles. The molecule has 1 heterocycles. The molecule has 100 valence electrons. The van der Waals surface area contributed by atoms with Gasteiger partial charge in [0.2, 0.25) is 0 Å². The van der Waals surface area contributed by atoms with Crippen LogP contribution >= 0.6 is 0 Å². The lowest BCUT2D eigenvalue weighted by Crippen LogP contribution is -2.37. The van der Waals surface area contributed by atoms with Crippen LogP contribution < -0.4 is 10.2 Å². The topological polar surface area (TPSA) is 28.2 Å². The van der Waals surface area contributed by atoms with Crippen molar-refractivity contribution < 1.29 is 0 Å². The van der Waals surface area contributed by atoms with Crippen molar-refractivity contribution in [1.82, 2.24) is 10.3 Å². The zero-order valence-electron chi connectivity index (χ0n) is 11.9. The lowest BCUT2D eigenvalue weighted by molar-refractivity contribution is 0.399. The summed E-state index contributed by atoms with van der Waals surface area (Å²) in [6, 6.07) is 5.17. The lowest BCUT2D eigenvalue weighted by atomic mass is 9.92. The number of pyridine rings is 1. The summed E-state index contributed by atoms with van der Waals surface area (Å²) in [5, 5.41) is 3.23. The summed E-state index contributed by atoms with van der Waals surface area (Å²) in [7, 11) is 4.18. The third-order valence-electron chi connectivity index (χ3n) is 3.80. The first-order valence-electron chi connectivity index (χ1n) is 7.12. The molecule has 0 saturated heterocycles. The van der Waals surface area contributed by atoms with Crippen molar-refractivity contribution in [3.05, 3.63) is 23.4 Å². The molecule has 2 rings (SSSR count). The van der Waals surface area contributed by atoms with E-state index in [1.54, 1.807) is 0 Å². The van der Waals surface area contributed by atoms with Crippen molar-refractivity contribution in [3.63, 3.8) is 0 Å². The van der Waals surface area contributed by atoms with Crippen LogP contribution in [0.5, 0.6) is 0 Å². The summed E-state index contributed by atoms with van der Waals surface area (Å²) < 4.78 is 0. The van der Waals surface area contributed by atoms with Crippen LogP contribution in [0.25, 0.3) is 0 Å². The minimum absolute atomic E-state index is 0.705. The van der Waals surface area contributed by atoms with Crippen LogP contribution in [0.2, 0.25) is 0 Å². The zero-order chi connectivity index (χ0) is 13.0. The number of aromatic nitrogens is 1. The zero-order valence-corrected chi connectivity index (χ0v) is 11.9. The van der Waals surface area contributed by atoms with Gasteiger partial charge in [0.15, 0.2) is 0 Å². The summed E-state index contributed by atoms with van der Waals surface area (Å²) in [6.07, 6.45) is 6.23. The Hall–Kier alpha value is -1.09. The molecule has 0 bridgehead atoms. The quantitative estimate of drug-likeness (QED) is 0.838. The molecule has 1 N–H and O–H groups in total. The maximum atomic E-state index is 4.81. The summed E-state index contributed by atoms with van der Waals surface area (Å²) in [4.78, 5) is 7.17. The number of nitrogens with zero attached hydrogens (tertiary/aromatic N) is 2. The summed E-state index contributed by atoms with van der Waals surface area (Å²) in [5.74, 6) is 1.15. The van der Waals surface area contributed by atoms with Gasteiger partial charge in [-0.25, -0.2) is 4.98 Å². The van der Waals surface area contributed by atoms with Gasteiger partial charge >= 0.3 is 0 Å². The Labute approximate surface area is 111 Å². The van der Waals surface area contributed by atoms with Crippen LogP contribution in [-0.2, 0) is 13.0 Å². The van der Waals surface area contributed by atoms with Crippen LogP contribution in [-0.4, -0.2) is 25.1 Å². The molecule has 18 heavy (non-hydrogen) atoms. The van der Waals surface area contributed by atoms with Gasteiger partial charge in [-0.05, 0) is 50.4 Å². The van der Waals surface area contributed by atoms with E-state index < -0.39 is 0 Å². The molecule has 3 heteroatoms. The Kier molecular flexibility index (Phi) is 4.59. The van der Waals surface area contributed by atoms with Crippen molar-refractivity contribution in [1.29, 1.82) is 0 Å². The van der Waals surface area contributed by atoms with Crippen molar-refractivity contribution in [3.8, 4) is 0 Å². The van der Waals surface area contributed by atoms with Gasteiger partial charge in [-0.15, -0.1) is 0 Å². The molecule has 1 saturated carbocycles. The lowest BCUT2D eigenvalue weighted by Gasteiger charge is -2.36. The molecule has 0 radical (unpaired) electrons. The first-order valence-corrected chi connectivity index (χ1v) is 7.12. The second-order valence-corrected chi connectivity index (χ2v) is 5.30. The SMILES string of the molecule is CCCc1cc(CNC)cc(N(C)C2CCC2)n1. The normalized spacial score (nSPS) is 15.5. The molecule has 1 aromatic heterocycles. The molecule has 0 spiro atoms. The number of hydrogen-bond acceptors (Lipinski definition) is 3. The monoisotopic (exact) mass is 247 g/mol. The highest BCUT2D eigenvalue weighted by Crippen LogP contribution is 2.28. The Morgan fingerprint density at radius 2 is 2.17 bits per heavy atom. The maximum Gasteiger partial charge on any atom is 0.129 e. The molecule has 0 unspecified atom stereocenters. The molecule has 1 aromatic rings. The molecule has 0 amide bonds. The van der Waals surface area contributed by atoms with Crippen molar-refractivity contribution in [2.75, 3.05) is 19.0 Å². The predicted molar refractivity (Wildman–Crippen MR) is 77.0 cm³/mol. The molecule has 1 fully saturated rings. The van der Waals surface area contributed by atoms with Crippen LogP contribution in [0.4, 0.5) is 5.82 Å². The standard InChI is InChI=1S/C15H25N3/c1-4-6-13-9-12(11-16-2)10-15(17-13)18(3)14-7-5-8-14/h9-10,14,16H,4-8,11H2,1-3H3. The van der Waals surface area contributed by atoms with E-state index in [1.807, 2.05) is 7.05 Å². The number of rotatable bonds is 6. The molecule has 1 aliphatic rings. The molecule has 3 nitrogen and oxygen atoms in total. The van der Waals surface area contributed by atoms with E-state index in [0.717, 1.165) is 25.2 Å². The van der Waals surface area contributed by atoms with E-state index in [9.17, 15) is 0 Å². The Morgan fingerprint density at radius 1 is 1.39 bits per heavy atom. The number of hydrogen-bond donors (Lipinski definition) is 1. The fourth-order valence-electron chi connectivity index (χ4n) is 2.47. The van der Waals surface area contributed by atoms with Gasteiger partial charge in [-0.2, -0.15) is 0 Å². The number of nitrogens with one attached hydrogen (secondary N) is 1. The van der Waals surface area contributed by atoms with Gasteiger partial charge in [0, 0.05) is 25.3 Å². The van der Waals surface area contributed by atoms with Gasteiger partial charge in [-0.1, -0.05) is 13.3 Å². The third-order valence-corrected chi connectivity index (χ3v) is 3.80. The largest absolute Gasteiger partial charge is 0.357 e. The van der Waals surface area contributed by atoms with Crippen LogP contribution in [0.3, 0.4) is 0 Å². The Balaban J connectivity index is 2.20. The predicted octanol–water partition coefficient (Wildman–Crippen LogP) is 2.74. The van der Waals surface area contributed by atoms with Crippen molar-refractivity contribution >= 4 is 5.82 Å². The second kappa shape index (κ2) is 6.19. The van der Waals surface area contributed by atoms with Gasteiger partial charge in [0.1, 0.15) is 5.82 Å². The van der Waals surface area contributed by atoms with Crippen LogP contribution in [0, 0.1) is 0 Å². The molecular weight excluding hydrogens is 222 g/mol. The summed E-state index contributed by atoms with van der Waals surface area (Å²) in [6.45, 7) is 3.13. The molecule has 0 aliphatic heterocycles. The van der Waals surface area contributed by atoms with E-state index >= 15 is 0 Å². The molecule has 0 aromatic carbocycles. The highest BCUT2D eigenvalue weighted by atomic mass is 15.2. The van der Waals surface area contributed by atoms with Gasteiger partial charge in [0.05, 0.1) is 0 Å². The van der Waals surface area contributed by atoms with E-state index in [2.05, 4.69) is 36.3 Å². The molecule has 0 atom stereocenters. The Morgan fingerprint density at radius 3 is 2.72 bits per heavy atom. The second-order valence-electron chi connectivity index (χ2n) is 5.30. The van der Waals surface area contributed by atoms with Gasteiger partial charge in [0.25, 0.3) is 0 Å². The number of anilines is 1. The fraction of sp³-hybridized carbons (Fsp3) is 0.667. The third kappa shape index (κ3) is 3.02. The summed E-state index contributed by atoms with van der Waals surface area (Å²) >= 11 is 0. The fourth-order valence-corrected chi connectivity index (χ4v) is 2.47. The minimum Gasteiger partial charge on any atom is -0.357 e. The minimum atomic E-state index is 0.705. The van der Waals surface area contributed by atoms with Crippen LogP contribution in [0.1, 0.15) is 43.9 Å². The first kappa shape index (κ1) is 13.3. The highest BCUT2D eigenvalue weighted by molar-refractivity contribution is 5.43. The summed E-state index contributed by atoms with van der Waals surface area (Å²) in [5.41, 5.74) is 2.57. The van der Waals surface area contributed by atoms with E-state index in [1.165, 1.54) is 30.5 Å². The van der Waals surface area contributed by atoms with Crippen molar-refractivity contribution in [2.24, 2.45) is 0 Å². The first-order chi connectivity index (χ1) is 8.74. The number of aryl methyl sites for hydroxylation is 1. The van der Waals surface area contributed by atoms with E-state index in [0.29, 0.717) is 6.04 Å². The van der Waals surface area contributed by atoms with Gasteiger partial charge in [-0.3, -0.25) is 0 Å². The smallest absolute Gasteiger partial charge is 0.129 e. The van der Waals surface area contributed by atoms with Gasteiger partial charge < -0.3 is 10.2 Å². The van der Waals surface area contributed by atoms with Crippen molar-refractivity contribution in [2.45, 2.75) is 51.6 Å². The Bertz CT molecular complexity index is 361. The molecular formula is C15H25N3. The average Bonchev–Trinajstić information content (AvgIpc) is 2.27. The average molecular weight is 247 g/mol. The van der Waals surface area contributed by atoms with E-state index in [4.69, 9.17) is 4.98 Å².